The molecule has 0 aliphatic carbocycles. The fourth-order valence-electron chi connectivity index (χ4n) is 3.13. The molecule has 0 atom stereocenters. The van der Waals surface area contributed by atoms with Crippen molar-refractivity contribution in [3.8, 4) is 11.4 Å². The third kappa shape index (κ3) is 3.42. The van der Waals surface area contributed by atoms with Crippen LogP contribution in [0, 0.1) is 5.82 Å². The number of rotatable bonds is 4. The lowest BCUT2D eigenvalue weighted by Crippen LogP contribution is -2.12. The molecule has 0 amide bonds. The summed E-state index contributed by atoms with van der Waals surface area (Å²) in [6.45, 7) is 1.91. The summed E-state index contributed by atoms with van der Waals surface area (Å²) >= 11 is 12.8. The molecule has 0 spiro atoms. The molecule has 3 aromatic rings. The highest BCUT2D eigenvalue weighted by molar-refractivity contribution is 6.45. The molecule has 10 heteroatoms. The Morgan fingerprint density at radius 2 is 2.07 bits per heavy atom. The molecule has 1 aliphatic rings. The van der Waals surface area contributed by atoms with Crippen LogP contribution >= 0.6 is 23.2 Å². The molecule has 0 unspecified atom stereocenters. The van der Waals surface area contributed by atoms with Crippen LogP contribution in [-0.4, -0.2) is 40.2 Å². The molecule has 1 aromatic heterocycles. The summed E-state index contributed by atoms with van der Waals surface area (Å²) in [6.07, 6.45) is 0. The van der Waals surface area contributed by atoms with Crippen LogP contribution in [0.3, 0.4) is 0 Å². The van der Waals surface area contributed by atoms with Gasteiger partial charge in [0.25, 0.3) is 5.82 Å². The first-order valence-electron chi connectivity index (χ1n) is 8.94. The molecule has 0 N–H and O–H groups in total. The van der Waals surface area contributed by atoms with Crippen LogP contribution in [0.2, 0.25) is 10.0 Å². The van der Waals surface area contributed by atoms with Gasteiger partial charge in [0.05, 0.1) is 41.7 Å². The van der Waals surface area contributed by atoms with Gasteiger partial charge in [0.15, 0.2) is 5.82 Å². The van der Waals surface area contributed by atoms with Crippen molar-refractivity contribution >= 4 is 34.9 Å². The van der Waals surface area contributed by atoms with Gasteiger partial charge < -0.3 is 9.47 Å². The quantitative estimate of drug-likeness (QED) is 0.557. The van der Waals surface area contributed by atoms with Crippen molar-refractivity contribution in [1.82, 2.24) is 14.8 Å². The Balaban J connectivity index is 1.95. The van der Waals surface area contributed by atoms with Crippen LogP contribution in [0.4, 0.5) is 4.39 Å². The van der Waals surface area contributed by atoms with Crippen molar-refractivity contribution in [3.63, 3.8) is 0 Å². The van der Waals surface area contributed by atoms with E-state index < -0.39 is 11.8 Å². The van der Waals surface area contributed by atoms with Crippen LogP contribution in [-0.2, 0) is 11.3 Å². The van der Waals surface area contributed by atoms with Gasteiger partial charge >= 0.3 is 5.97 Å². The van der Waals surface area contributed by atoms with Crippen LogP contribution in [0.1, 0.15) is 34.5 Å². The first-order valence-corrected chi connectivity index (χ1v) is 9.70. The predicted molar refractivity (Wildman–Crippen MR) is 110 cm³/mol. The molecular weight excluding hydrogens is 434 g/mol. The fraction of sp³-hybridized carbons (Fsp3) is 0.200. The highest BCUT2D eigenvalue weighted by atomic mass is 35.5. The van der Waals surface area contributed by atoms with E-state index in [0.717, 1.165) is 0 Å². The lowest BCUT2D eigenvalue weighted by molar-refractivity contribution is 0.0512. The third-order valence-corrected chi connectivity index (χ3v) is 5.28. The molecule has 0 bridgehead atoms. The smallest absolute Gasteiger partial charge is 0.378 e. The van der Waals surface area contributed by atoms with E-state index in [9.17, 15) is 9.18 Å². The first-order chi connectivity index (χ1) is 14.4. The molecule has 4 rings (SSSR count). The zero-order chi connectivity index (χ0) is 21.4. The zero-order valence-electron chi connectivity index (χ0n) is 15.9. The molecule has 0 saturated carbocycles. The van der Waals surface area contributed by atoms with Gasteiger partial charge in [0, 0.05) is 11.1 Å². The summed E-state index contributed by atoms with van der Waals surface area (Å²) in [5.41, 5.74) is 1.30. The second kappa shape index (κ2) is 8.04. The number of fused-ring (bicyclic) bond motifs is 3. The Bertz CT molecular complexity index is 1190. The average molecular weight is 449 g/mol. The summed E-state index contributed by atoms with van der Waals surface area (Å²) in [5.74, 6) is -0.427. The normalized spacial score (nSPS) is 12.5. The molecule has 0 fully saturated rings. The van der Waals surface area contributed by atoms with Gasteiger partial charge in [-0.1, -0.05) is 23.2 Å². The lowest BCUT2D eigenvalue weighted by Gasteiger charge is -2.15. The summed E-state index contributed by atoms with van der Waals surface area (Å²) in [4.78, 5) is 20.9. The number of benzene rings is 2. The van der Waals surface area contributed by atoms with Crippen LogP contribution in [0.25, 0.3) is 5.69 Å². The van der Waals surface area contributed by atoms with Crippen LogP contribution in [0.5, 0.6) is 5.75 Å². The lowest BCUT2D eigenvalue weighted by atomic mass is 9.99. The summed E-state index contributed by atoms with van der Waals surface area (Å²) in [6, 6.07) is 7.57. The van der Waals surface area contributed by atoms with Crippen LogP contribution < -0.4 is 4.74 Å². The zero-order valence-corrected chi connectivity index (χ0v) is 17.5. The third-order valence-electron chi connectivity index (χ3n) is 4.48. The highest BCUT2D eigenvalue weighted by Crippen LogP contribution is 2.35. The Morgan fingerprint density at radius 3 is 2.80 bits per heavy atom. The number of esters is 1. The minimum absolute atomic E-state index is 0.0288. The van der Waals surface area contributed by atoms with Crippen molar-refractivity contribution in [3.05, 3.63) is 69.0 Å². The standard InChI is InChI=1S/C20H15Cl2FN4O3/c1-3-30-20(28)19-25-15-9-24-18(11-8-10(29-2)4-6-13(11)23)16-14(27(15)26-19)7-5-12(21)17(16)22/h4-8H,3,9H2,1-2H3. The van der Waals surface area contributed by atoms with E-state index in [-0.39, 0.29) is 40.3 Å². The van der Waals surface area contributed by atoms with Gasteiger partial charge in [0.2, 0.25) is 0 Å². The number of carbonyl (C=O) groups excluding carboxylic acids is 1. The summed E-state index contributed by atoms with van der Waals surface area (Å²) in [7, 11) is 1.49. The van der Waals surface area contributed by atoms with E-state index in [1.165, 1.54) is 30.0 Å². The van der Waals surface area contributed by atoms with Crippen molar-refractivity contribution < 1.29 is 18.7 Å². The van der Waals surface area contributed by atoms with Gasteiger partial charge in [-0.25, -0.2) is 18.9 Å². The van der Waals surface area contributed by atoms with Gasteiger partial charge in [-0.05, 0) is 37.3 Å². The molecule has 2 aromatic carbocycles. The van der Waals surface area contributed by atoms with E-state index in [1.807, 2.05) is 0 Å². The second-order valence-corrected chi connectivity index (χ2v) is 7.04. The topological polar surface area (TPSA) is 78.6 Å². The number of aliphatic imine (C=N–C) groups is 1. The molecule has 7 nitrogen and oxygen atoms in total. The molecule has 0 saturated heterocycles. The molecular formula is C20H15Cl2FN4O3. The number of hydrogen-bond donors (Lipinski definition) is 0. The number of aromatic nitrogens is 3. The summed E-state index contributed by atoms with van der Waals surface area (Å²) < 4.78 is 26.4. The Morgan fingerprint density at radius 1 is 1.27 bits per heavy atom. The fourth-order valence-corrected chi connectivity index (χ4v) is 3.53. The maximum absolute atomic E-state index is 14.7. The van der Waals surface area contributed by atoms with Gasteiger partial charge in [-0.2, -0.15) is 0 Å². The minimum Gasteiger partial charge on any atom is -0.497 e. The molecule has 154 valence electrons. The van der Waals surface area contributed by atoms with Gasteiger partial charge in [-0.3, -0.25) is 4.99 Å². The van der Waals surface area contributed by atoms with Gasteiger partial charge in [0.1, 0.15) is 11.6 Å². The number of halogens is 3. The number of ether oxygens (including phenoxy) is 2. The van der Waals surface area contributed by atoms with E-state index in [4.69, 9.17) is 32.7 Å². The molecule has 2 heterocycles. The van der Waals surface area contributed by atoms with Gasteiger partial charge in [-0.15, -0.1) is 5.10 Å². The van der Waals surface area contributed by atoms with Crippen molar-refractivity contribution in [2.24, 2.45) is 4.99 Å². The molecule has 30 heavy (non-hydrogen) atoms. The van der Waals surface area contributed by atoms with Crippen LogP contribution in [0.15, 0.2) is 35.3 Å². The van der Waals surface area contributed by atoms with E-state index >= 15 is 0 Å². The van der Waals surface area contributed by atoms with Crippen molar-refractivity contribution in [1.29, 1.82) is 0 Å². The highest BCUT2D eigenvalue weighted by Gasteiger charge is 2.28. The number of carbonyl (C=O) groups is 1. The maximum atomic E-state index is 14.7. The Hall–Kier alpha value is -2.97. The largest absolute Gasteiger partial charge is 0.497 e. The molecule has 0 radical (unpaired) electrons. The number of nitrogens with zero attached hydrogens (tertiary/aromatic N) is 4. The number of methoxy groups -OCH3 is 1. The SMILES string of the molecule is CCOC(=O)c1nc2n(n1)-c1ccc(Cl)c(Cl)c1C(c1cc(OC)ccc1F)=NC2. The first kappa shape index (κ1) is 20.3. The predicted octanol–water partition coefficient (Wildman–Crippen LogP) is 4.25. The monoisotopic (exact) mass is 448 g/mol. The van der Waals surface area contributed by atoms with Crippen molar-refractivity contribution in [2.45, 2.75) is 13.5 Å². The number of hydrogen-bond acceptors (Lipinski definition) is 6. The average Bonchev–Trinajstić information content (AvgIpc) is 3.10. The molecule has 1 aliphatic heterocycles. The Labute approximate surface area is 181 Å². The maximum Gasteiger partial charge on any atom is 0.378 e. The van der Waals surface area contributed by atoms with E-state index in [0.29, 0.717) is 22.8 Å². The minimum atomic E-state index is -0.650. The Kier molecular flexibility index (Phi) is 5.44. The van der Waals surface area contributed by atoms with E-state index in [2.05, 4.69) is 15.1 Å². The van der Waals surface area contributed by atoms with E-state index in [1.54, 1.807) is 19.1 Å². The second-order valence-electron chi connectivity index (χ2n) is 6.25. The summed E-state index contributed by atoms with van der Waals surface area (Å²) in [5, 5.41) is 4.70. The van der Waals surface area contributed by atoms with Crippen molar-refractivity contribution in [2.75, 3.05) is 13.7 Å².